The van der Waals surface area contributed by atoms with E-state index in [1.165, 1.54) is 6.07 Å². The van der Waals surface area contributed by atoms with Crippen molar-refractivity contribution in [1.29, 1.82) is 0 Å². The zero-order valence-corrected chi connectivity index (χ0v) is 13.8. The largest absolute Gasteiger partial charge is 0.419 e. The zero-order valence-electron chi connectivity index (χ0n) is 12.2. The van der Waals surface area contributed by atoms with Crippen LogP contribution in [0.1, 0.15) is 11.5 Å². The Labute approximate surface area is 141 Å². The van der Waals surface area contributed by atoms with Crippen LogP contribution in [0.25, 0.3) is 11.5 Å². The standard InChI is InChI=1S/C17H13BrFN3O/c18-13-8-12-6-7-22(16(12)14(19)9-13)10-15-20-21-17(23-15)11-4-2-1-3-5-11/h1-5,8-9H,6-7,10H2. The summed E-state index contributed by atoms with van der Waals surface area (Å²) in [4.78, 5) is 1.94. The normalized spacial score (nSPS) is 13.4. The van der Waals surface area contributed by atoms with Gasteiger partial charge < -0.3 is 9.32 Å². The number of aromatic nitrogens is 2. The van der Waals surface area contributed by atoms with E-state index in [0.717, 1.165) is 28.6 Å². The van der Waals surface area contributed by atoms with Crippen molar-refractivity contribution in [2.75, 3.05) is 11.4 Å². The molecule has 0 bridgehead atoms. The number of fused-ring (bicyclic) bond motifs is 1. The minimum absolute atomic E-state index is 0.227. The van der Waals surface area contributed by atoms with Crippen molar-refractivity contribution in [2.24, 2.45) is 0 Å². The Morgan fingerprint density at radius 2 is 2.00 bits per heavy atom. The van der Waals surface area contributed by atoms with Gasteiger partial charge in [-0.25, -0.2) is 4.39 Å². The predicted molar refractivity (Wildman–Crippen MR) is 88.6 cm³/mol. The van der Waals surface area contributed by atoms with E-state index in [0.29, 0.717) is 24.0 Å². The van der Waals surface area contributed by atoms with Crippen LogP contribution in [-0.2, 0) is 13.0 Å². The summed E-state index contributed by atoms with van der Waals surface area (Å²) in [5, 5.41) is 8.16. The van der Waals surface area contributed by atoms with Crippen LogP contribution in [0.15, 0.2) is 51.4 Å². The van der Waals surface area contributed by atoms with Crippen LogP contribution in [0.4, 0.5) is 10.1 Å². The molecule has 0 aliphatic carbocycles. The zero-order chi connectivity index (χ0) is 15.8. The minimum atomic E-state index is -0.227. The van der Waals surface area contributed by atoms with Gasteiger partial charge in [0.05, 0.1) is 12.2 Å². The van der Waals surface area contributed by atoms with E-state index in [1.54, 1.807) is 0 Å². The van der Waals surface area contributed by atoms with E-state index >= 15 is 0 Å². The first-order chi connectivity index (χ1) is 11.2. The summed E-state index contributed by atoms with van der Waals surface area (Å²) in [6.45, 7) is 1.15. The molecule has 2 heterocycles. The fourth-order valence-corrected chi connectivity index (χ4v) is 3.34. The molecule has 3 aromatic rings. The molecule has 0 fully saturated rings. The average molecular weight is 374 g/mol. The SMILES string of the molecule is Fc1cc(Br)cc2c1N(Cc1nnc(-c3ccccc3)o1)CC2. The van der Waals surface area contributed by atoms with E-state index in [2.05, 4.69) is 26.1 Å². The van der Waals surface area contributed by atoms with Gasteiger partial charge in [-0.2, -0.15) is 0 Å². The summed E-state index contributed by atoms with van der Waals surface area (Å²) in [6.07, 6.45) is 0.811. The highest BCUT2D eigenvalue weighted by Gasteiger charge is 2.25. The van der Waals surface area contributed by atoms with Crippen LogP contribution in [-0.4, -0.2) is 16.7 Å². The maximum absolute atomic E-state index is 14.2. The Balaban J connectivity index is 1.58. The van der Waals surface area contributed by atoms with Crippen molar-refractivity contribution in [2.45, 2.75) is 13.0 Å². The molecule has 1 aromatic heterocycles. The summed E-state index contributed by atoms with van der Waals surface area (Å²) >= 11 is 3.33. The van der Waals surface area contributed by atoms with Crippen molar-refractivity contribution in [3.05, 3.63) is 64.2 Å². The first-order valence-electron chi connectivity index (χ1n) is 7.31. The monoisotopic (exact) mass is 373 g/mol. The summed E-state index contributed by atoms with van der Waals surface area (Å²) < 4.78 is 20.7. The van der Waals surface area contributed by atoms with Gasteiger partial charge in [-0.15, -0.1) is 10.2 Å². The number of anilines is 1. The molecule has 116 valence electrons. The summed E-state index contributed by atoms with van der Waals surface area (Å²) in [6, 6.07) is 13.1. The Hall–Kier alpha value is -2.21. The van der Waals surface area contributed by atoms with Crippen molar-refractivity contribution >= 4 is 21.6 Å². The molecule has 4 rings (SSSR count). The number of hydrogen-bond acceptors (Lipinski definition) is 4. The smallest absolute Gasteiger partial charge is 0.247 e. The van der Waals surface area contributed by atoms with Gasteiger partial charge in [0.25, 0.3) is 0 Å². The molecule has 1 aliphatic rings. The number of benzene rings is 2. The molecule has 0 amide bonds. The molecule has 0 saturated carbocycles. The molecule has 23 heavy (non-hydrogen) atoms. The molecule has 0 saturated heterocycles. The highest BCUT2D eigenvalue weighted by atomic mass is 79.9. The van der Waals surface area contributed by atoms with Gasteiger partial charge in [0, 0.05) is 16.6 Å². The van der Waals surface area contributed by atoms with E-state index < -0.39 is 0 Å². The number of halogens is 2. The van der Waals surface area contributed by atoms with Gasteiger partial charge in [-0.05, 0) is 36.2 Å². The van der Waals surface area contributed by atoms with Crippen molar-refractivity contribution < 1.29 is 8.81 Å². The number of hydrogen-bond donors (Lipinski definition) is 0. The van der Waals surface area contributed by atoms with Gasteiger partial charge in [0.2, 0.25) is 11.8 Å². The fraction of sp³-hybridized carbons (Fsp3) is 0.176. The molecule has 1 aliphatic heterocycles. The van der Waals surface area contributed by atoms with E-state index in [1.807, 2.05) is 41.3 Å². The fourth-order valence-electron chi connectivity index (χ4n) is 2.87. The maximum Gasteiger partial charge on any atom is 0.247 e. The number of rotatable bonds is 3. The average Bonchev–Trinajstić information content (AvgIpc) is 3.16. The van der Waals surface area contributed by atoms with E-state index in [-0.39, 0.29) is 5.82 Å². The van der Waals surface area contributed by atoms with Gasteiger partial charge in [0.1, 0.15) is 5.82 Å². The van der Waals surface area contributed by atoms with Crippen molar-refractivity contribution in [3.63, 3.8) is 0 Å². The molecule has 0 spiro atoms. The Morgan fingerprint density at radius 1 is 1.17 bits per heavy atom. The van der Waals surface area contributed by atoms with Crippen molar-refractivity contribution in [3.8, 4) is 11.5 Å². The first-order valence-corrected chi connectivity index (χ1v) is 8.10. The molecule has 2 aromatic carbocycles. The van der Waals surface area contributed by atoms with Crippen LogP contribution < -0.4 is 4.90 Å². The van der Waals surface area contributed by atoms with Gasteiger partial charge >= 0.3 is 0 Å². The van der Waals surface area contributed by atoms with Crippen LogP contribution in [0.2, 0.25) is 0 Å². The molecule has 0 atom stereocenters. The Morgan fingerprint density at radius 3 is 2.83 bits per heavy atom. The second-order valence-electron chi connectivity index (χ2n) is 5.43. The van der Waals surface area contributed by atoms with Gasteiger partial charge in [-0.1, -0.05) is 34.1 Å². The highest BCUT2D eigenvalue weighted by molar-refractivity contribution is 9.10. The second kappa shape index (κ2) is 5.77. The van der Waals surface area contributed by atoms with E-state index in [4.69, 9.17) is 4.42 Å². The lowest BCUT2D eigenvalue weighted by atomic mass is 10.1. The Kier molecular flexibility index (Phi) is 3.61. The summed E-state index contributed by atoms with van der Waals surface area (Å²) in [5.74, 6) is 0.741. The van der Waals surface area contributed by atoms with Crippen LogP contribution in [0.3, 0.4) is 0 Å². The number of nitrogens with zero attached hydrogens (tertiary/aromatic N) is 3. The first kappa shape index (κ1) is 14.4. The molecule has 6 heteroatoms. The third-order valence-corrected chi connectivity index (χ3v) is 4.35. The van der Waals surface area contributed by atoms with Gasteiger partial charge in [0.15, 0.2) is 0 Å². The molecule has 0 radical (unpaired) electrons. The summed E-state index contributed by atoms with van der Waals surface area (Å²) in [5.41, 5.74) is 2.51. The predicted octanol–water partition coefficient (Wildman–Crippen LogP) is 4.20. The van der Waals surface area contributed by atoms with Gasteiger partial charge in [-0.3, -0.25) is 0 Å². The van der Waals surface area contributed by atoms with Crippen molar-refractivity contribution in [1.82, 2.24) is 10.2 Å². The topological polar surface area (TPSA) is 42.2 Å². The third-order valence-electron chi connectivity index (χ3n) is 3.89. The minimum Gasteiger partial charge on any atom is -0.419 e. The molecular weight excluding hydrogens is 361 g/mol. The lowest BCUT2D eigenvalue weighted by molar-refractivity contribution is 0.498. The molecule has 0 unspecified atom stereocenters. The summed E-state index contributed by atoms with van der Waals surface area (Å²) in [7, 11) is 0. The molecular formula is C17H13BrFN3O. The Bertz CT molecular complexity index is 850. The molecule has 4 nitrogen and oxygen atoms in total. The highest BCUT2D eigenvalue weighted by Crippen LogP contribution is 2.34. The van der Waals surface area contributed by atoms with Crippen LogP contribution in [0, 0.1) is 5.82 Å². The van der Waals surface area contributed by atoms with E-state index in [9.17, 15) is 4.39 Å². The second-order valence-corrected chi connectivity index (χ2v) is 6.35. The van der Waals surface area contributed by atoms with Crippen LogP contribution in [0.5, 0.6) is 0 Å². The quantitative estimate of drug-likeness (QED) is 0.689. The lowest BCUT2D eigenvalue weighted by Crippen LogP contribution is -2.20. The maximum atomic E-state index is 14.2. The lowest BCUT2D eigenvalue weighted by Gasteiger charge is -2.17. The third kappa shape index (κ3) is 2.74. The van der Waals surface area contributed by atoms with Crippen LogP contribution >= 0.6 is 15.9 Å². The molecule has 0 N–H and O–H groups in total.